The molecule has 4 heteroatoms. The maximum Gasteiger partial charge on any atom is 0.337 e. The van der Waals surface area contributed by atoms with Crippen molar-refractivity contribution in [3.8, 4) is 5.75 Å². The van der Waals surface area contributed by atoms with Crippen LogP contribution in [0.3, 0.4) is 0 Å². The fraction of sp³-hybridized carbons (Fsp3) is 0.300. The van der Waals surface area contributed by atoms with E-state index in [4.69, 9.17) is 4.74 Å². The normalized spacial score (nSPS) is 9.71. The Balaban J connectivity index is 3.22. The van der Waals surface area contributed by atoms with Crippen LogP contribution < -0.4 is 4.74 Å². The highest BCUT2D eigenvalue weighted by Crippen LogP contribution is 2.26. The quantitative estimate of drug-likeness (QED) is 0.622. The van der Waals surface area contributed by atoms with E-state index >= 15 is 0 Å². The summed E-state index contributed by atoms with van der Waals surface area (Å²) in [4.78, 5) is 11.3. The zero-order valence-corrected chi connectivity index (χ0v) is 10.4. The van der Waals surface area contributed by atoms with Crippen molar-refractivity contribution in [2.45, 2.75) is 6.92 Å². The van der Waals surface area contributed by atoms with E-state index in [0.717, 1.165) is 9.13 Å². The van der Waals surface area contributed by atoms with Crippen molar-refractivity contribution in [2.24, 2.45) is 0 Å². The van der Waals surface area contributed by atoms with Crippen molar-refractivity contribution < 1.29 is 14.3 Å². The third kappa shape index (κ3) is 2.17. The van der Waals surface area contributed by atoms with Crippen LogP contribution in [-0.4, -0.2) is 20.2 Å². The maximum atomic E-state index is 11.3. The predicted molar refractivity (Wildman–Crippen MR) is 61.8 cm³/mol. The highest BCUT2D eigenvalue weighted by atomic mass is 127. The topological polar surface area (TPSA) is 35.5 Å². The minimum absolute atomic E-state index is 0.345. The molecule has 0 aliphatic carbocycles. The van der Waals surface area contributed by atoms with Crippen LogP contribution in [0.15, 0.2) is 12.1 Å². The van der Waals surface area contributed by atoms with Crippen molar-refractivity contribution >= 4 is 28.6 Å². The Morgan fingerprint density at radius 2 is 2.00 bits per heavy atom. The number of carbonyl (C=O) groups is 1. The summed E-state index contributed by atoms with van der Waals surface area (Å²) in [6.45, 7) is 1.93. The fourth-order valence-corrected chi connectivity index (χ4v) is 1.65. The molecule has 1 aromatic carbocycles. The zero-order chi connectivity index (χ0) is 10.7. The lowest BCUT2D eigenvalue weighted by Crippen LogP contribution is -2.03. The van der Waals surface area contributed by atoms with Gasteiger partial charge in [-0.05, 0) is 47.2 Å². The molecule has 76 valence electrons. The van der Waals surface area contributed by atoms with Gasteiger partial charge in [-0.2, -0.15) is 0 Å². The third-order valence-electron chi connectivity index (χ3n) is 1.86. The van der Waals surface area contributed by atoms with E-state index in [-0.39, 0.29) is 5.97 Å². The molecule has 0 N–H and O–H groups in total. The Bertz CT molecular complexity index is 361. The van der Waals surface area contributed by atoms with Crippen molar-refractivity contribution in [2.75, 3.05) is 14.2 Å². The summed E-state index contributed by atoms with van der Waals surface area (Å²) >= 11 is 2.18. The van der Waals surface area contributed by atoms with Gasteiger partial charge in [0.1, 0.15) is 5.75 Å². The number of aryl methyl sites for hydroxylation is 1. The molecule has 14 heavy (non-hydrogen) atoms. The molecule has 0 aliphatic heterocycles. The molecule has 0 bridgehead atoms. The van der Waals surface area contributed by atoms with Crippen LogP contribution in [0.25, 0.3) is 0 Å². The average Bonchev–Trinajstić information content (AvgIpc) is 2.20. The number of rotatable bonds is 2. The number of hydrogen-bond acceptors (Lipinski definition) is 3. The monoisotopic (exact) mass is 306 g/mol. The number of benzene rings is 1. The van der Waals surface area contributed by atoms with Gasteiger partial charge in [0.05, 0.1) is 23.4 Å². The largest absolute Gasteiger partial charge is 0.496 e. The molecule has 1 rings (SSSR count). The van der Waals surface area contributed by atoms with Gasteiger partial charge >= 0.3 is 5.97 Å². The lowest BCUT2D eigenvalue weighted by atomic mass is 10.1. The highest BCUT2D eigenvalue weighted by molar-refractivity contribution is 14.1. The van der Waals surface area contributed by atoms with Crippen LogP contribution >= 0.6 is 22.6 Å². The van der Waals surface area contributed by atoms with Gasteiger partial charge in [0.25, 0.3) is 0 Å². The Morgan fingerprint density at radius 1 is 1.36 bits per heavy atom. The SMILES string of the molecule is COC(=O)c1cc(C)c(I)c(OC)c1. The summed E-state index contributed by atoms with van der Waals surface area (Å²) in [6, 6.07) is 3.47. The second-order valence-corrected chi connectivity index (χ2v) is 3.88. The van der Waals surface area contributed by atoms with Crippen LogP contribution in [0.1, 0.15) is 15.9 Å². The predicted octanol–water partition coefficient (Wildman–Crippen LogP) is 2.39. The smallest absolute Gasteiger partial charge is 0.337 e. The molecule has 0 unspecified atom stereocenters. The van der Waals surface area contributed by atoms with E-state index < -0.39 is 0 Å². The number of carbonyl (C=O) groups excluding carboxylic acids is 1. The molecule has 1 aromatic rings. The molecule has 0 saturated heterocycles. The number of ether oxygens (including phenoxy) is 2. The van der Waals surface area contributed by atoms with Gasteiger partial charge in [-0.25, -0.2) is 4.79 Å². The first kappa shape index (κ1) is 11.3. The first-order valence-electron chi connectivity index (χ1n) is 4.02. The molecule has 0 aromatic heterocycles. The Hall–Kier alpha value is -0.780. The molecular weight excluding hydrogens is 295 g/mol. The summed E-state index contributed by atoms with van der Waals surface area (Å²) < 4.78 is 10.8. The summed E-state index contributed by atoms with van der Waals surface area (Å²) in [5, 5.41) is 0. The molecule has 0 aliphatic rings. The van der Waals surface area contributed by atoms with Crippen molar-refractivity contribution in [3.05, 3.63) is 26.8 Å². The molecule has 0 radical (unpaired) electrons. The second-order valence-electron chi connectivity index (χ2n) is 2.80. The summed E-state index contributed by atoms with van der Waals surface area (Å²) in [5.41, 5.74) is 1.52. The van der Waals surface area contributed by atoms with Gasteiger partial charge in [0, 0.05) is 0 Å². The first-order valence-corrected chi connectivity index (χ1v) is 5.10. The molecule has 0 saturated carbocycles. The van der Waals surface area contributed by atoms with Gasteiger partial charge in [0.2, 0.25) is 0 Å². The molecule has 3 nitrogen and oxygen atoms in total. The number of halogens is 1. The number of hydrogen-bond donors (Lipinski definition) is 0. The van der Waals surface area contributed by atoms with Crippen LogP contribution in [0.2, 0.25) is 0 Å². The lowest BCUT2D eigenvalue weighted by molar-refractivity contribution is 0.0600. The number of methoxy groups -OCH3 is 2. The minimum Gasteiger partial charge on any atom is -0.496 e. The minimum atomic E-state index is -0.345. The van der Waals surface area contributed by atoms with E-state index in [1.54, 1.807) is 19.2 Å². The molecule has 0 atom stereocenters. The van der Waals surface area contributed by atoms with Gasteiger partial charge in [-0.3, -0.25) is 0 Å². The Morgan fingerprint density at radius 3 is 2.50 bits per heavy atom. The van der Waals surface area contributed by atoms with Crippen LogP contribution in [0.4, 0.5) is 0 Å². The first-order chi connectivity index (χ1) is 6.60. The molecule has 0 amide bonds. The van der Waals surface area contributed by atoms with E-state index in [1.807, 2.05) is 6.92 Å². The number of esters is 1. The van der Waals surface area contributed by atoms with Gasteiger partial charge < -0.3 is 9.47 Å². The van der Waals surface area contributed by atoms with Crippen LogP contribution in [0.5, 0.6) is 5.75 Å². The fourth-order valence-electron chi connectivity index (χ4n) is 1.12. The summed E-state index contributed by atoms with van der Waals surface area (Å²) in [7, 11) is 2.94. The highest BCUT2D eigenvalue weighted by Gasteiger charge is 2.11. The zero-order valence-electron chi connectivity index (χ0n) is 8.26. The summed E-state index contributed by atoms with van der Waals surface area (Å²) in [5.74, 6) is 0.355. The van der Waals surface area contributed by atoms with Gasteiger partial charge in [-0.1, -0.05) is 0 Å². The van der Waals surface area contributed by atoms with Crippen molar-refractivity contribution in [1.82, 2.24) is 0 Å². The molecule has 0 heterocycles. The van der Waals surface area contributed by atoms with Crippen LogP contribution in [0, 0.1) is 10.5 Å². The van der Waals surface area contributed by atoms with E-state index in [2.05, 4.69) is 27.3 Å². The Kier molecular flexibility index (Phi) is 3.74. The van der Waals surface area contributed by atoms with E-state index in [0.29, 0.717) is 11.3 Å². The van der Waals surface area contributed by atoms with Crippen molar-refractivity contribution in [1.29, 1.82) is 0 Å². The maximum absolute atomic E-state index is 11.3. The van der Waals surface area contributed by atoms with Crippen LogP contribution in [-0.2, 0) is 4.74 Å². The van der Waals surface area contributed by atoms with Gasteiger partial charge in [0.15, 0.2) is 0 Å². The van der Waals surface area contributed by atoms with E-state index in [9.17, 15) is 4.79 Å². The summed E-state index contributed by atoms with van der Waals surface area (Å²) in [6.07, 6.45) is 0. The molecular formula is C10H11IO3. The van der Waals surface area contributed by atoms with Crippen molar-refractivity contribution in [3.63, 3.8) is 0 Å². The lowest BCUT2D eigenvalue weighted by Gasteiger charge is -2.08. The molecule has 0 fully saturated rings. The Labute approximate surface area is 96.5 Å². The second kappa shape index (κ2) is 4.63. The van der Waals surface area contributed by atoms with E-state index in [1.165, 1.54) is 7.11 Å². The molecule has 0 spiro atoms. The standard InChI is InChI=1S/C10H11IO3/c1-6-4-7(10(12)14-3)5-8(13-2)9(6)11/h4-5H,1-3H3. The third-order valence-corrected chi connectivity index (χ3v) is 3.24. The van der Waals surface area contributed by atoms with Gasteiger partial charge in [-0.15, -0.1) is 0 Å². The average molecular weight is 306 g/mol.